The minimum Gasteiger partial charge on any atom is -0.355 e. The number of benzene rings is 1. The number of amides is 1. The van der Waals surface area contributed by atoms with Gasteiger partial charge < -0.3 is 10.6 Å². The van der Waals surface area contributed by atoms with Crippen molar-refractivity contribution in [1.29, 1.82) is 0 Å². The Kier molecular flexibility index (Phi) is 4.81. The Morgan fingerprint density at radius 3 is 2.83 bits per heavy atom. The third-order valence-electron chi connectivity index (χ3n) is 3.18. The number of piperidine rings is 1. The molecule has 1 aromatic rings. The summed E-state index contributed by atoms with van der Waals surface area (Å²) in [6.45, 7) is 2.86. The van der Waals surface area contributed by atoms with E-state index < -0.39 is 0 Å². The van der Waals surface area contributed by atoms with Crippen LogP contribution in [0.2, 0.25) is 0 Å². The molecule has 0 aliphatic carbocycles. The van der Waals surface area contributed by atoms with Crippen LogP contribution in [0.3, 0.4) is 0 Å². The van der Waals surface area contributed by atoms with Crippen LogP contribution in [-0.4, -0.2) is 18.5 Å². The molecule has 98 valence electrons. The first-order valence-electron chi connectivity index (χ1n) is 6.04. The Labute approximate surface area is 124 Å². The molecule has 0 aromatic heterocycles. The van der Waals surface area contributed by atoms with Crippen LogP contribution in [-0.2, 0) is 4.79 Å². The van der Waals surface area contributed by atoms with Crippen molar-refractivity contribution in [3.05, 3.63) is 32.7 Å². The van der Waals surface area contributed by atoms with Crippen molar-refractivity contribution in [3.8, 4) is 0 Å². The molecule has 1 amide bonds. The molecule has 1 aliphatic heterocycles. The summed E-state index contributed by atoms with van der Waals surface area (Å²) in [4.78, 5) is 11.1. The highest BCUT2D eigenvalue weighted by atomic mass is 79.9. The third kappa shape index (κ3) is 3.56. The second-order valence-electron chi connectivity index (χ2n) is 4.59. The Morgan fingerprint density at radius 1 is 1.44 bits per heavy atom. The highest BCUT2D eigenvalue weighted by molar-refractivity contribution is 9.11. The number of nitrogens with one attached hydrogen (secondary N) is 2. The van der Waals surface area contributed by atoms with E-state index in [0.717, 1.165) is 21.9 Å². The zero-order valence-corrected chi connectivity index (χ0v) is 13.3. The SMILES string of the molecule is CC(NC1CCC(=O)NC1)c1ccc(Br)cc1Br. The molecule has 1 heterocycles. The lowest BCUT2D eigenvalue weighted by atomic mass is 10.0. The zero-order valence-electron chi connectivity index (χ0n) is 10.2. The maximum absolute atomic E-state index is 11.1. The molecule has 5 heteroatoms. The quantitative estimate of drug-likeness (QED) is 0.851. The Morgan fingerprint density at radius 2 is 2.22 bits per heavy atom. The Hall–Kier alpha value is -0.390. The van der Waals surface area contributed by atoms with Crippen LogP contribution in [0.1, 0.15) is 31.4 Å². The van der Waals surface area contributed by atoms with Gasteiger partial charge in [-0.05, 0) is 31.0 Å². The second-order valence-corrected chi connectivity index (χ2v) is 6.36. The molecule has 3 nitrogen and oxygen atoms in total. The third-order valence-corrected chi connectivity index (χ3v) is 4.36. The van der Waals surface area contributed by atoms with Gasteiger partial charge in [0.05, 0.1) is 0 Å². The van der Waals surface area contributed by atoms with Crippen LogP contribution in [0, 0.1) is 0 Å². The molecule has 1 aromatic carbocycles. The summed E-state index contributed by atoms with van der Waals surface area (Å²) in [5.74, 6) is 0.158. The van der Waals surface area contributed by atoms with Crippen molar-refractivity contribution < 1.29 is 4.79 Å². The van der Waals surface area contributed by atoms with Crippen molar-refractivity contribution >= 4 is 37.8 Å². The van der Waals surface area contributed by atoms with E-state index in [1.165, 1.54) is 5.56 Å². The average Bonchev–Trinajstić information content (AvgIpc) is 2.32. The largest absolute Gasteiger partial charge is 0.355 e. The lowest BCUT2D eigenvalue weighted by Crippen LogP contribution is -2.46. The predicted molar refractivity (Wildman–Crippen MR) is 79.4 cm³/mol. The van der Waals surface area contributed by atoms with Gasteiger partial charge in [-0.15, -0.1) is 0 Å². The van der Waals surface area contributed by atoms with E-state index in [9.17, 15) is 4.79 Å². The summed E-state index contributed by atoms with van der Waals surface area (Å²) in [7, 11) is 0. The minimum atomic E-state index is 0.158. The first-order valence-corrected chi connectivity index (χ1v) is 7.62. The van der Waals surface area contributed by atoms with E-state index in [-0.39, 0.29) is 11.9 Å². The predicted octanol–water partition coefficient (Wildman–Crippen LogP) is 3.14. The molecule has 0 radical (unpaired) electrons. The van der Waals surface area contributed by atoms with Gasteiger partial charge in [-0.2, -0.15) is 0 Å². The van der Waals surface area contributed by atoms with Crippen molar-refractivity contribution in [3.63, 3.8) is 0 Å². The smallest absolute Gasteiger partial charge is 0.220 e. The molecular weight excluding hydrogens is 360 g/mol. The fourth-order valence-corrected chi connectivity index (χ4v) is 3.56. The Bertz CT molecular complexity index is 441. The summed E-state index contributed by atoms with van der Waals surface area (Å²) in [6, 6.07) is 6.81. The van der Waals surface area contributed by atoms with Crippen LogP contribution in [0.5, 0.6) is 0 Å². The van der Waals surface area contributed by atoms with Gasteiger partial charge in [0.25, 0.3) is 0 Å². The molecule has 0 saturated carbocycles. The van der Waals surface area contributed by atoms with Gasteiger partial charge in [0, 0.05) is 34.0 Å². The van der Waals surface area contributed by atoms with Crippen LogP contribution >= 0.6 is 31.9 Å². The van der Waals surface area contributed by atoms with Gasteiger partial charge in [-0.25, -0.2) is 0 Å². The molecule has 1 aliphatic rings. The number of hydrogen-bond donors (Lipinski definition) is 2. The van der Waals surface area contributed by atoms with E-state index in [2.05, 4.69) is 61.5 Å². The molecular formula is C13H16Br2N2O. The molecule has 2 atom stereocenters. The van der Waals surface area contributed by atoms with Gasteiger partial charge in [0.15, 0.2) is 0 Å². The van der Waals surface area contributed by atoms with Crippen molar-refractivity contribution in [2.75, 3.05) is 6.54 Å². The summed E-state index contributed by atoms with van der Waals surface area (Å²) >= 11 is 7.03. The minimum absolute atomic E-state index is 0.158. The molecule has 2 rings (SSSR count). The summed E-state index contributed by atoms with van der Waals surface area (Å²) < 4.78 is 2.16. The molecule has 0 spiro atoms. The summed E-state index contributed by atoms with van der Waals surface area (Å²) in [6.07, 6.45) is 1.52. The fraction of sp³-hybridized carbons (Fsp3) is 0.462. The van der Waals surface area contributed by atoms with Crippen LogP contribution in [0.25, 0.3) is 0 Å². The van der Waals surface area contributed by atoms with E-state index in [4.69, 9.17) is 0 Å². The lowest BCUT2D eigenvalue weighted by molar-refractivity contribution is -0.122. The van der Waals surface area contributed by atoms with E-state index in [1.54, 1.807) is 0 Å². The topological polar surface area (TPSA) is 41.1 Å². The van der Waals surface area contributed by atoms with Gasteiger partial charge in [0.2, 0.25) is 5.91 Å². The number of carbonyl (C=O) groups is 1. The second kappa shape index (κ2) is 6.17. The van der Waals surface area contributed by atoms with E-state index in [0.29, 0.717) is 12.5 Å². The first-order chi connectivity index (χ1) is 8.56. The normalized spacial score (nSPS) is 21.5. The molecule has 18 heavy (non-hydrogen) atoms. The van der Waals surface area contributed by atoms with E-state index in [1.807, 2.05) is 6.07 Å². The van der Waals surface area contributed by atoms with Crippen LogP contribution in [0.4, 0.5) is 0 Å². The molecule has 2 unspecified atom stereocenters. The zero-order chi connectivity index (χ0) is 13.1. The molecule has 2 N–H and O–H groups in total. The van der Waals surface area contributed by atoms with Crippen molar-refractivity contribution in [2.24, 2.45) is 0 Å². The lowest BCUT2D eigenvalue weighted by Gasteiger charge is -2.27. The number of carbonyl (C=O) groups excluding carboxylic acids is 1. The van der Waals surface area contributed by atoms with Crippen molar-refractivity contribution in [1.82, 2.24) is 10.6 Å². The van der Waals surface area contributed by atoms with Crippen molar-refractivity contribution in [2.45, 2.75) is 31.8 Å². The van der Waals surface area contributed by atoms with Gasteiger partial charge in [-0.3, -0.25) is 4.79 Å². The summed E-state index contributed by atoms with van der Waals surface area (Å²) in [5, 5.41) is 6.45. The van der Waals surface area contributed by atoms with Crippen LogP contribution in [0.15, 0.2) is 27.1 Å². The fourth-order valence-electron chi connectivity index (χ4n) is 2.17. The first kappa shape index (κ1) is 14.0. The van der Waals surface area contributed by atoms with E-state index >= 15 is 0 Å². The number of halogens is 2. The molecule has 0 bridgehead atoms. The van der Waals surface area contributed by atoms with Gasteiger partial charge in [-0.1, -0.05) is 37.9 Å². The Balaban J connectivity index is 1.98. The maximum atomic E-state index is 11.1. The van der Waals surface area contributed by atoms with Crippen LogP contribution < -0.4 is 10.6 Å². The molecule has 1 saturated heterocycles. The van der Waals surface area contributed by atoms with Gasteiger partial charge >= 0.3 is 0 Å². The number of hydrogen-bond acceptors (Lipinski definition) is 2. The van der Waals surface area contributed by atoms with Gasteiger partial charge in [0.1, 0.15) is 0 Å². The highest BCUT2D eigenvalue weighted by Crippen LogP contribution is 2.27. The monoisotopic (exact) mass is 374 g/mol. The standard InChI is InChI=1S/C13H16Br2N2O/c1-8(11-4-2-9(14)6-12(11)15)17-10-3-5-13(18)16-7-10/h2,4,6,8,10,17H,3,5,7H2,1H3,(H,16,18). The molecule has 1 fully saturated rings. The highest BCUT2D eigenvalue weighted by Gasteiger charge is 2.20. The summed E-state index contributed by atoms with van der Waals surface area (Å²) in [5.41, 5.74) is 1.23. The number of rotatable bonds is 3. The maximum Gasteiger partial charge on any atom is 0.220 e. The average molecular weight is 376 g/mol.